The molecule has 0 amide bonds. The van der Waals surface area contributed by atoms with Gasteiger partial charge < -0.3 is 11.1 Å². The highest BCUT2D eigenvalue weighted by Crippen LogP contribution is 2.39. The fourth-order valence-corrected chi connectivity index (χ4v) is 3.52. The summed E-state index contributed by atoms with van der Waals surface area (Å²) in [6.07, 6.45) is 9.40. The maximum atomic E-state index is 5.68. The van der Waals surface area contributed by atoms with Crippen LogP contribution in [0.15, 0.2) is 0 Å². The van der Waals surface area contributed by atoms with Crippen molar-refractivity contribution >= 4 is 0 Å². The highest BCUT2D eigenvalue weighted by Gasteiger charge is 2.28. The molecule has 0 aromatic rings. The Balaban J connectivity index is 2.40. The predicted molar refractivity (Wildman–Crippen MR) is 89.9 cm³/mol. The van der Waals surface area contributed by atoms with E-state index in [1.807, 2.05) is 0 Å². The third-order valence-electron chi connectivity index (χ3n) is 5.72. The summed E-state index contributed by atoms with van der Waals surface area (Å²) in [5.41, 5.74) is 6.41. The monoisotopic (exact) mass is 282 g/mol. The fourth-order valence-electron chi connectivity index (χ4n) is 3.52. The van der Waals surface area contributed by atoms with Gasteiger partial charge in [-0.1, -0.05) is 33.6 Å². The summed E-state index contributed by atoms with van der Waals surface area (Å²) in [5, 5.41) is 3.71. The molecule has 0 saturated heterocycles. The van der Waals surface area contributed by atoms with Crippen LogP contribution in [0.25, 0.3) is 0 Å². The summed E-state index contributed by atoms with van der Waals surface area (Å²) in [7, 11) is 0. The van der Waals surface area contributed by atoms with Gasteiger partial charge >= 0.3 is 0 Å². The number of hydrogen-bond donors (Lipinski definition) is 2. The molecule has 1 saturated carbocycles. The first-order valence-electron chi connectivity index (χ1n) is 8.73. The maximum absolute atomic E-state index is 5.68. The summed E-state index contributed by atoms with van der Waals surface area (Å²) < 4.78 is 0. The average Bonchev–Trinajstić information content (AvgIpc) is 2.34. The number of nitrogens with two attached hydrogens (primary N) is 1. The summed E-state index contributed by atoms with van der Waals surface area (Å²) in [4.78, 5) is 0. The van der Waals surface area contributed by atoms with E-state index in [1.54, 1.807) is 0 Å². The number of rotatable bonds is 6. The van der Waals surface area contributed by atoms with Crippen molar-refractivity contribution < 1.29 is 0 Å². The van der Waals surface area contributed by atoms with E-state index in [1.165, 1.54) is 38.5 Å². The van der Waals surface area contributed by atoms with Gasteiger partial charge in [0.1, 0.15) is 0 Å². The van der Waals surface area contributed by atoms with Crippen LogP contribution in [-0.2, 0) is 0 Å². The molecule has 0 heterocycles. The van der Waals surface area contributed by atoms with E-state index in [0.717, 1.165) is 31.3 Å². The fraction of sp³-hybridized carbons (Fsp3) is 1.00. The molecule has 0 bridgehead atoms. The Kier molecular flexibility index (Phi) is 7.00. The largest absolute Gasteiger partial charge is 0.330 e. The summed E-state index contributed by atoms with van der Waals surface area (Å²) in [6, 6.07) is 0. The van der Waals surface area contributed by atoms with Crippen LogP contribution in [0.3, 0.4) is 0 Å². The van der Waals surface area contributed by atoms with E-state index in [-0.39, 0.29) is 5.54 Å². The first-order valence-corrected chi connectivity index (χ1v) is 8.73. The topological polar surface area (TPSA) is 38.0 Å². The highest BCUT2D eigenvalue weighted by atomic mass is 15.0. The molecule has 1 aliphatic rings. The standard InChI is InChI=1S/C18H38N2/c1-15-7-6-9-18(5,10-8-16(15)2)12-14-20-17(3,4)11-13-19/h15-16,20H,6-14,19H2,1-5H3. The average molecular weight is 283 g/mol. The second-order valence-electron chi connectivity index (χ2n) is 8.30. The Morgan fingerprint density at radius 3 is 2.45 bits per heavy atom. The van der Waals surface area contributed by atoms with Crippen LogP contribution in [0, 0.1) is 17.3 Å². The Morgan fingerprint density at radius 1 is 1.15 bits per heavy atom. The Bertz CT molecular complexity index is 275. The van der Waals surface area contributed by atoms with Crippen LogP contribution in [-0.4, -0.2) is 18.6 Å². The van der Waals surface area contributed by atoms with Crippen molar-refractivity contribution in [1.82, 2.24) is 5.32 Å². The lowest BCUT2D eigenvalue weighted by Gasteiger charge is -2.36. The molecule has 3 unspecified atom stereocenters. The minimum absolute atomic E-state index is 0.189. The third kappa shape index (κ3) is 6.13. The molecule has 120 valence electrons. The first kappa shape index (κ1) is 18.0. The molecule has 2 heteroatoms. The second-order valence-corrected chi connectivity index (χ2v) is 8.30. The Hall–Kier alpha value is -0.0800. The molecule has 1 rings (SSSR count). The van der Waals surface area contributed by atoms with Crippen molar-refractivity contribution in [2.24, 2.45) is 23.0 Å². The number of hydrogen-bond acceptors (Lipinski definition) is 2. The van der Waals surface area contributed by atoms with Gasteiger partial charge in [-0.15, -0.1) is 0 Å². The zero-order valence-electron chi connectivity index (χ0n) is 14.6. The van der Waals surface area contributed by atoms with Crippen molar-refractivity contribution in [2.45, 2.75) is 85.1 Å². The van der Waals surface area contributed by atoms with Crippen molar-refractivity contribution in [1.29, 1.82) is 0 Å². The molecular formula is C18H38N2. The second kappa shape index (κ2) is 7.79. The summed E-state index contributed by atoms with van der Waals surface area (Å²) in [6.45, 7) is 13.8. The van der Waals surface area contributed by atoms with Crippen LogP contribution in [0.4, 0.5) is 0 Å². The zero-order valence-corrected chi connectivity index (χ0v) is 14.6. The molecule has 0 aliphatic heterocycles. The van der Waals surface area contributed by atoms with Crippen LogP contribution in [0.2, 0.25) is 0 Å². The molecule has 1 aliphatic carbocycles. The van der Waals surface area contributed by atoms with Gasteiger partial charge in [-0.05, 0) is 76.3 Å². The smallest absolute Gasteiger partial charge is 0.0137 e. The highest BCUT2D eigenvalue weighted by molar-refractivity contribution is 4.83. The van der Waals surface area contributed by atoms with Crippen molar-refractivity contribution in [3.05, 3.63) is 0 Å². The van der Waals surface area contributed by atoms with Gasteiger partial charge in [0.2, 0.25) is 0 Å². The van der Waals surface area contributed by atoms with Gasteiger partial charge in [-0.25, -0.2) is 0 Å². The minimum atomic E-state index is 0.189. The molecule has 20 heavy (non-hydrogen) atoms. The Morgan fingerprint density at radius 2 is 1.80 bits per heavy atom. The molecule has 0 aromatic heterocycles. The van der Waals surface area contributed by atoms with Crippen LogP contribution >= 0.6 is 0 Å². The first-order chi connectivity index (χ1) is 9.28. The molecule has 2 nitrogen and oxygen atoms in total. The van der Waals surface area contributed by atoms with Gasteiger partial charge in [-0.3, -0.25) is 0 Å². The minimum Gasteiger partial charge on any atom is -0.330 e. The molecule has 3 N–H and O–H groups in total. The lowest BCUT2D eigenvalue weighted by molar-refractivity contribution is 0.166. The summed E-state index contributed by atoms with van der Waals surface area (Å²) >= 11 is 0. The van der Waals surface area contributed by atoms with Gasteiger partial charge in [0.15, 0.2) is 0 Å². The normalized spacial score (nSPS) is 32.7. The molecule has 0 spiro atoms. The summed E-state index contributed by atoms with van der Waals surface area (Å²) in [5.74, 6) is 1.82. The van der Waals surface area contributed by atoms with Crippen molar-refractivity contribution in [3.8, 4) is 0 Å². The molecule has 3 atom stereocenters. The third-order valence-corrected chi connectivity index (χ3v) is 5.72. The molecule has 1 fully saturated rings. The molecule has 0 radical (unpaired) electrons. The lowest BCUT2D eigenvalue weighted by atomic mass is 9.71. The van der Waals surface area contributed by atoms with Gasteiger partial charge in [0, 0.05) is 5.54 Å². The van der Waals surface area contributed by atoms with E-state index in [0.29, 0.717) is 5.41 Å². The lowest BCUT2D eigenvalue weighted by Crippen LogP contribution is -2.42. The zero-order chi connectivity index (χ0) is 15.2. The number of nitrogens with one attached hydrogen (secondary N) is 1. The van der Waals surface area contributed by atoms with E-state index in [9.17, 15) is 0 Å². The van der Waals surface area contributed by atoms with Gasteiger partial charge in [0.05, 0.1) is 0 Å². The van der Waals surface area contributed by atoms with Gasteiger partial charge in [0.25, 0.3) is 0 Å². The van der Waals surface area contributed by atoms with E-state index < -0.39 is 0 Å². The molecular weight excluding hydrogens is 244 g/mol. The SMILES string of the molecule is CC1CCCC(C)(CCNC(C)(C)CCN)CCC1C. The van der Waals surface area contributed by atoms with Crippen LogP contribution in [0.1, 0.15) is 79.6 Å². The molecule has 0 aromatic carbocycles. The van der Waals surface area contributed by atoms with Crippen molar-refractivity contribution in [3.63, 3.8) is 0 Å². The van der Waals surface area contributed by atoms with E-state index >= 15 is 0 Å². The van der Waals surface area contributed by atoms with E-state index in [4.69, 9.17) is 5.73 Å². The quantitative estimate of drug-likeness (QED) is 0.760. The van der Waals surface area contributed by atoms with E-state index in [2.05, 4.69) is 39.9 Å². The van der Waals surface area contributed by atoms with Gasteiger partial charge in [-0.2, -0.15) is 0 Å². The predicted octanol–water partition coefficient (Wildman–Crippen LogP) is 4.34. The van der Waals surface area contributed by atoms with Crippen molar-refractivity contribution in [2.75, 3.05) is 13.1 Å². The maximum Gasteiger partial charge on any atom is 0.0137 e. The van der Waals surface area contributed by atoms with Crippen LogP contribution < -0.4 is 11.1 Å². The van der Waals surface area contributed by atoms with Crippen LogP contribution in [0.5, 0.6) is 0 Å². The Labute approximate surface area is 127 Å².